The average Bonchev–Trinajstić information content (AvgIpc) is 2.76. The minimum absolute atomic E-state index is 0.0595. The van der Waals surface area contributed by atoms with Crippen molar-refractivity contribution in [1.29, 1.82) is 0 Å². The van der Waals surface area contributed by atoms with E-state index >= 15 is 0 Å². The molecular weight excluding hydrogens is 284 g/mol. The van der Waals surface area contributed by atoms with Crippen LogP contribution in [0, 0.1) is 41.4 Å². The van der Waals surface area contributed by atoms with Gasteiger partial charge in [0.1, 0.15) is 0 Å². The summed E-state index contributed by atoms with van der Waals surface area (Å²) in [7, 11) is 0. The largest absolute Gasteiger partial charge is 0.336 e. The molecule has 130 valence electrons. The maximum Gasteiger partial charge on any atom is 0.318 e. The number of amides is 2. The minimum Gasteiger partial charge on any atom is -0.336 e. The van der Waals surface area contributed by atoms with E-state index in [0.29, 0.717) is 11.8 Å². The highest BCUT2D eigenvalue weighted by Crippen LogP contribution is 2.61. The molecule has 4 saturated carbocycles. The Morgan fingerprint density at radius 3 is 2.09 bits per heavy atom. The Bertz CT molecular complexity index is 458. The number of hydrogen-bond donors (Lipinski definition) is 1. The molecule has 1 heterocycles. The number of nitrogens with zero attached hydrogens (tertiary/aromatic N) is 1. The maximum absolute atomic E-state index is 12.7. The highest BCUT2D eigenvalue weighted by molar-refractivity contribution is 5.78. The molecule has 1 atom stereocenters. The smallest absolute Gasteiger partial charge is 0.318 e. The highest BCUT2D eigenvalue weighted by atomic mass is 16.2. The van der Waals surface area contributed by atoms with Crippen LogP contribution in [0.4, 0.5) is 4.79 Å². The summed E-state index contributed by atoms with van der Waals surface area (Å²) in [6, 6.07) is 0.196. The lowest BCUT2D eigenvalue weighted by Crippen LogP contribution is -2.64. The van der Waals surface area contributed by atoms with Gasteiger partial charge in [0, 0.05) is 13.1 Å². The normalized spacial score (nSPS) is 45.4. The Hall–Kier alpha value is -0.730. The summed E-state index contributed by atoms with van der Waals surface area (Å²) in [5.41, 5.74) is 0.0595. The summed E-state index contributed by atoms with van der Waals surface area (Å²) in [6.45, 7) is 11.0. The Kier molecular flexibility index (Phi) is 3.70. The zero-order chi connectivity index (χ0) is 16.4. The van der Waals surface area contributed by atoms with Gasteiger partial charge in [-0.2, -0.15) is 0 Å². The number of carbonyl (C=O) groups excluding carboxylic acids is 1. The van der Waals surface area contributed by atoms with Crippen LogP contribution in [-0.2, 0) is 0 Å². The van der Waals surface area contributed by atoms with Gasteiger partial charge in [0.25, 0.3) is 0 Å². The Morgan fingerprint density at radius 2 is 1.61 bits per heavy atom. The molecule has 0 aromatic carbocycles. The average molecular weight is 319 g/mol. The van der Waals surface area contributed by atoms with Gasteiger partial charge in [0.05, 0.1) is 5.54 Å². The van der Waals surface area contributed by atoms with Gasteiger partial charge >= 0.3 is 6.03 Å². The summed E-state index contributed by atoms with van der Waals surface area (Å²) in [4.78, 5) is 15.0. The number of hydrogen-bond acceptors (Lipinski definition) is 1. The molecule has 2 amide bonds. The fourth-order valence-electron chi connectivity index (χ4n) is 7.16. The maximum atomic E-state index is 12.7. The van der Waals surface area contributed by atoms with Gasteiger partial charge in [-0.25, -0.2) is 4.79 Å². The number of rotatable bonds is 4. The third-order valence-corrected chi connectivity index (χ3v) is 7.62. The molecule has 0 aromatic rings. The van der Waals surface area contributed by atoms with Crippen LogP contribution in [0.1, 0.15) is 59.8 Å². The Morgan fingerprint density at radius 1 is 1.04 bits per heavy atom. The molecule has 4 aliphatic carbocycles. The fourth-order valence-corrected chi connectivity index (χ4v) is 7.16. The van der Waals surface area contributed by atoms with Crippen molar-refractivity contribution in [2.45, 2.75) is 65.3 Å². The van der Waals surface area contributed by atoms with E-state index in [1.54, 1.807) is 0 Å². The van der Waals surface area contributed by atoms with Gasteiger partial charge in [0.2, 0.25) is 0 Å². The second kappa shape index (κ2) is 5.39. The number of urea groups is 1. The Balaban J connectivity index is 1.71. The SMILES string of the molecule is CC(C)CN1C(=O)NCC1(C(C)C)C1C2CC3CC(C2)CC1C3. The highest BCUT2D eigenvalue weighted by Gasteiger charge is 2.61. The zero-order valence-electron chi connectivity index (χ0n) is 15.3. The van der Waals surface area contributed by atoms with Crippen molar-refractivity contribution in [3.63, 3.8) is 0 Å². The molecule has 5 rings (SSSR count). The van der Waals surface area contributed by atoms with E-state index < -0.39 is 0 Å². The van der Waals surface area contributed by atoms with E-state index in [1.165, 1.54) is 32.1 Å². The molecule has 1 saturated heterocycles. The van der Waals surface area contributed by atoms with Crippen LogP contribution in [-0.4, -0.2) is 29.6 Å². The van der Waals surface area contributed by atoms with Gasteiger partial charge < -0.3 is 10.2 Å². The van der Waals surface area contributed by atoms with Gasteiger partial charge in [-0.3, -0.25) is 0 Å². The van der Waals surface area contributed by atoms with Crippen molar-refractivity contribution < 1.29 is 4.79 Å². The summed E-state index contributed by atoms with van der Waals surface area (Å²) < 4.78 is 0. The lowest BCUT2D eigenvalue weighted by molar-refractivity contribution is -0.110. The lowest BCUT2D eigenvalue weighted by Gasteiger charge is -2.61. The second-order valence-corrected chi connectivity index (χ2v) is 9.77. The first-order valence-corrected chi connectivity index (χ1v) is 9.97. The van der Waals surface area contributed by atoms with Crippen LogP contribution in [0.15, 0.2) is 0 Å². The van der Waals surface area contributed by atoms with Crippen molar-refractivity contribution in [2.24, 2.45) is 41.4 Å². The molecule has 1 unspecified atom stereocenters. The molecule has 23 heavy (non-hydrogen) atoms. The molecular formula is C20H34N2O. The van der Waals surface area contributed by atoms with Crippen molar-refractivity contribution in [1.82, 2.24) is 10.2 Å². The van der Waals surface area contributed by atoms with E-state index in [-0.39, 0.29) is 11.6 Å². The van der Waals surface area contributed by atoms with Crippen molar-refractivity contribution >= 4 is 6.03 Å². The molecule has 1 N–H and O–H groups in total. The van der Waals surface area contributed by atoms with E-state index in [4.69, 9.17) is 0 Å². The molecule has 1 aliphatic heterocycles. The molecule has 0 radical (unpaired) electrons. The van der Waals surface area contributed by atoms with Crippen molar-refractivity contribution in [2.75, 3.05) is 13.1 Å². The minimum atomic E-state index is 0.0595. The molecule has 4 bridgehead atoms. The predicted molar refractivity (Wildman–Crippen MR) is 93.0 cm³/mol. The van der Waals surface area contributed by atoms with Gasteiger partial charge in [-0.1, -0.05) is 27.7 Å². The fraction of sp³-hybridized carbons (Fsp3) is 0.950. The first-order valence-electron chi connectivity index (χ1n) is 9.97. The first kappa shape index (κ1) is 15.8. The third kappa shape index (κ3) is 2.25. The van der Waals surface area contributed by atoms with Crippen LogP contribution in [0.3, 0.4) is 0 Å². The van der Waals surface area contributed by atoms with Crippen LogP contribution >= 0.6 is 0 Å². The predicted octanol–water partition coefficient (Wildman–Crippen LogP) is 4.13. The van der Waals surface area contributed by atoms with E-state index in [0.717, 1.165) is 42.7 Å². The van der Waals surface area contributed by atoms with Gasteiger partial charge in [-0.05, 0) is 73.5 Å². The molecule has 3 nitrogen and oxygen atoms in total. The molecule has 0 spiro atoms. The molecule has 3 heteroatoms. The van der Waals surface area contributed by atoms with Gasteiger partial charge in [0.15, 0.2) is 0 Å². The first-order chi connectivity index (χ1) is 10.9. The van der Waals surface area contributed by atoms with Crippen molar-refractivity contribution in [3.8, 4) is 0 Å². The van der Waals surface area contributed by atoms with Crippen molar-refractivity contribution in [3.05, 3.63) is 0 Å². The quantitative estimate of drug-likeness (QED) is 0.830. The standard InChI is InChI=1S/C20H34N2O/c1-12(2)10-22-19(23)21-11-20(22,13(3)4)18-16-6-14-5-15(8-16)9-17(18)7-14/h12-18H,5-11H2,1-4H3,(H,21,23). The second-order valence-electron chi connectivity index (χ2n) is 9.77. The summed E-state index contributed by atoms with van der Waals surface area (Å²) in [6.07, 6.45) is 7.26. The summed E-state index contributed by atoms with van der Waals surface area (Å²) in [5.74, 6) is 5.54. The number of nitrogens with one attached hydrogen (secondary N) is 1. The molecule has 5 aliphatic rings. The van der Waals surface area contributed by atoms with E-state index in [9.17, 15) is 4.79 Å². The van der Waals surface area contributed by atoms with Gasteiger partial charge in [-0.15, -0.1) is 0 Å². The topological polar surface area (TPSA) is 32.3 Å². The van der Waals surface area contributed by atoms with Crippen LogP contribution in [0.25, 0.3) is 0 Å². The van der Waals surface area contributed by atoms with Crippen LogP contribution in [0.2, 0.25) is 0 Å². The van der Waals surface area contributed by atoms with Crippen LogP contribution in [0.5, 0.6) is 0 Å². The Labute approximate surface area is 141 Å². The molecule has 0 aromatic heterocycles. The number of carbonyl (C=O) groups is 1. The van der Waals surface area contributed by atoms with E-state index in [2.05, 4.69) is 37.9 Å². The zero-order valence-corrected chi connectivity index (χ0v) is 15.3. The summed E-state index contributed by atoms with van der Waals surface area (Å²) >= 11 is 0. The lowest BCUT2D eigenvalue weighted by atomic mass is 9.47. The summed E-state index contributed by atoms with van der Waals surface area (Å²) in [5, 5.41) is 3.24. The third-order valence-electron chi connectivity index (χ3n) is 7.62. The van der Waals surface area contributed by atoms with E-state index in [1.807, 2.05) is 0 Å². The monoisotopic (exact) mass is 318 g/mol. The molecule has 5 fully saturated rings. The van der Waals surface area contributed by atoms with Crippen LogP contribution < -0.4 is 5.32 Å².